The van der Waals surface area contributed by atoms with Crippen LogP contribution in [0.2, 0.25) is 0 Å². The van der Waals surface area contributed by atoms with E-state index < -0.39 is 10.0 Å². The number of anilines is 3. The minimum absolute atomic E-state index is 0.0522. The van der Waals surface area contributed by atoms with E-state index in [1.807, 2.05) is 10.7 Å². The van der Waals surface area contributed by atoms with Crippen LogP contribution in [0.25, 0.3) is 22.3 Å². The number of nitrogens with zero attached hydrogens (tertiary/aromatic N) is 7. The highest BCUT2D eigenvalue weighted by molar-refractivity contribution is 7.89. The van der Waals surface area contributed by atoms with Crippen molar-refractivity contribution in [3.8, 4) is 11.4 Å². The van der Waals surface area contributed by atoms with Crippen LogP contribution >= 0.6 is 0 Å². The zero-order valence-corrected chi connectivity index (χ0v) is 20.5. The third kappa shape index (κ3) is 4.68. The van der Waals surface area contributed by atoms with E-state index in [1.165, 1.54) is 12.4 Å². The van der Waals surface area contributed by atoms with Gasteiger partial charge < -0.3 is 15.4 Å². The number of rotatable bonds is 8. The molecule has 1 aliphatic heterocycles. The largest absolute Gasteiger partial charge is 0.379 e. The second-order valence-corrected chi connectivity index (χ2v) is 10.7. The molecule has 0 bridgehead atoms. The minimum atomic E-state index is -3.48. The summed E-state index contributed by atoms with van der Waals surface area (Å²) < 4.78 is 32.5. The highest BCUT2D eigenvalue weighted by atomic mass is 32.2. The summed E-state index contributed by atoms with van der Waals surface area (Å²) in [6.45, 7) is 7.15. The van der Waals surface area contributed by atoms with Gasteiger partial charge in [-0.15, -0.1) is 0 Å². The summed E-state index contributed by atoms with van der Waals surface area (Å²) in [5.74, 6) is 2.22. The average Bonchev–Trinajstić information content (AvgIpc) is 3.60. The number of pyridine rings is 1. The Morgan fingerprint density at radius 3 is 2.83 bits per heavy atom. The van der Waals surface area contributed by atoms with Crippen LogP contribution in [0, 0.1) is 0 Å². The predicted octanol–water partition coefficient (Wildman–Crippen LogP) is 2.81. The highest BCUT2D eigenvalue weighted by Gasteiger charge is 2.20. The van der Waals surface area contributed by atoms with Crippen LogP contribution in [0.5, 0.6) is 0 Å². The van der Waals surface area contributed by atoms with Crippen molar-refractivity contribution in [2.75, 3.05) is 29.6 Å². The van der Waals surface area contributed by atoms with Gasteiger partial charge in [-0.1, -0.05) is 0 Å². The van der Waals surface area contributed by atoms with Crippen LogP contribution in [-0.4, -0.2) is 67.3 Å². The Bertz CT molecular complexity index is 1460. The lowest BCUT2D eigenvalue weighted by molar-refractivity contribution is 0.195. The summed E-state index contributed by atoms with van der Waals surface area (Å²) in [6.07, 6.45) is 7.18. The molecule has 184 valence electrons. The summed E-state index contributed by atoms with van der Waals surface area (Å²) in [7, 11) is -3.48. The van der Waals surface area contributed by atoms with Crippen molar-refractivity contribution in [3.05, 3.63) is 36.9 Å². The number of hydrogen-bond acceptors (Lipinski definition) is 10. The van der Waals surface area contributed by atoms with Crippen molar-refractivity contribution in [2.45, 2.75) is 39.3 Å². The summed E-state index contributed by atoms with van der Waals surface area (Å²) in [5, 5.41) is 16.4. The van der Waals surface area contributed by atoms with Crippen molar-refractivity contribution >= 4 is 38.4 Å². The average molecular weight is 498 g/mol. The van der Waals surface area contributed by atoms with Gasteiger partial charge in [0.05, 0.1) is 47.3 Å². The van der Waals surface area contributed by atoms with Gasteiger partial charge in [0.2, 0.25) is 0 Å². The van der Waals surface area contributed by atoms with Crippen LogP contribution in [0.1, 0.15) is 33.2 Å². The van der Waals surface area contributed by atoms with Gasteiger partial charge >= 0.3 is 0 Å². The van der Waals surface area contributed by atoms with Gasteiger partial charge in [0.1, 0.15) is 11.6 Å². The first-order valence-electron chi connectivity index (χ1n) is 11.4. The Labute approximate surface area is 202 Å². The lowest BCUT2D eigenvalue weighted by Gasteiger charge is -2.09. The maximum absolute atomic E-state index is 12.1. The Morgan fingerprint density at radius 1 is 1.23 bits per heavy atom. The minimum Gasteiger partial charge on any atom is -0.379 e. The molecule has 0 aromatic carbocycles. The number of aromatic nitrogens is 7. The molecule has 2 N–H and O–H groups in total. The third-order valence-corrected chi connectivity index (χ3v) is 7.23. The van der Waals surface area contributed by atoms with Crippen LogP contribution < -0.4 is 10.6 Å². The van der Waals surface area contributed by atoms with Gasteiger partial charge in [-0.3, -0.25) is 4.68 Å². The molecule has 5 heterocycles. The molecule has 1 fully saturated rings. The van der Waals surface area contributed by atoms with Gasteiger partial charge in [-0.2, -0.15) is 14.3 Å². The molecule has 0 saturated carbocycles. The van der Waals surface area contributed by atoms with E-state index in [0.29, 0.717) is 29.6 Å². The second-order valence-electron chi connectivity index (χ2n) is 8.57. The van der Waals surface area contributed by atoms with Crippen molar-refractivity contribution in [3.63, 3.8) is 0 Å². The van der Waals surface area contributed by atoms with Gasteiger partial charge in [0.25, 0.3) is 10.0 Å². The number of ether oxygens (including phenoxy) is 1. The highest BCUT2D eigenvalue weighted by Crippen LogP contribution is 2.29. The van der Waals surface area contributed by atoms with Crippen LogP contribution in [0.4, 0.5) is 17.5 Å². The van der Waals surface area contributed by atoms with Gasteiger partial charge in [-0.05, 0) is 33.3 Å². The first kappa shape index (κ1) is 23.2. The maximum Gasteiger partial charge on any atom is 0.253 e. The monoisotopic (exact) mass is 497 g/mol. The fourth-order valence-electron chi connectivity index (χ4n) is 3.85. The maximum atomic E-state index is 12.1. The molecule has 0 radical (unpaired) electrons. The normalized spacial score (nSPS) is 16.3. The van der Waals surface area contributed by atoms with Crippen molar-refractivity contribution in [1.29, 1.82) is 0 Å². The van der Waals surface area contributed by atoms with Gasteiger partial charge in [0.15, 0.2) is 11.6 Å². The SMILES string of the molecule is CCS(=O)(=O)n1cc(-c2nccc(Nc3cc4c(cn3)c(NC3CCOC3)nn4C(C)C)n2)cn1. The molecule has 0 spiro atoms. The van der Waals surface area contributed by atoms with E-state index in [4.69, 9.17) is 9.84 Å². The van der Waals surface area contributed by atoms with Crippen LogP contribution in [0.15, 0.2) is 36.9 Å². The van der Waals surface area contributed by atoms with E-state index in [2.05, 4.69) is 44.5 Å². The first-order chi connectivity index (χ1) is 16.8. The molecule has 12 nitrogen and oxygen atoms in total. The Balaban J connectivity index is 1.42. The summed E-state index contributed by atoms with van der Waals surface area (Å²) >= 11 is 0. The zero-order chi connectivity index (χ0) is 24.6. The molecular weight excluding hydrogens is 470 g/mol. The molecule has 0 aliphatic carbocycles. The summed E-state index contributed by atoms with van der Waals surface area (Å²) in [5.41, 5.74) is 1.44. The van der Waals surface area contributed by atoms with E-state index in [1.54, 1.807) is 25.4 Å². The Kier molecular flexibility index (Phi) is 6.11. The van der Waals surface area contributed by atoms with Crippen molar-refractivity contribution < 1.29 is 13.2 Å². The predicted molar refractivity (Wildman–Crippen MR) is 132 cm³/mol. The molecular formula is C22H27N9O3S. The topological polar surface area (TPSA) is 142 Å². The number of nitrogens with one attached hydrogen (secondary N) is 2. The molecule has 4 aromatic rings. The van der Waals surface area contributed by atoms with Crippen LogP contribution in [-0.2, 0) is 14.8 Å². The van der Waals surface area contributed by atoms with Gasteiger partial charge in [-0.25, -0.2) is 23.4 Å². The molecule has 13 heteroatoms. The molecule has 35 heavy (non-hydrogen) atoms. The Morgan fingerprint density at radius 2 is 2.09 bits per heavy atom. The van der Waals surface area contributed by atoms with E-state index >= 15 is 0 Å². The van der Waals surface area contributed by atoms with Gasteiger partial charge in [0, 0.05) is 31.1 Å². The summed E-state index contributed by atoms with van der Waals surface area (Å²) in [4.78, 5) is 13.3. The molecule has 1 saturated heterocycles. The molecule has 1 atom stereocenters. The lowest BCUT2D eigenvalue weighted by atomic mass is 10.2. The molecule has 4 aromatic heterocycles. The molecule has 0 amide bonds. The number of fused-ring (bicyclic) bond motifs is 1. The smallest absolute Gasteiger partial charge is 0.253 e. The Hall–Kier alpha value is -3.58. The van der Waals surface area contributed by atoms with Crippen molar-refractivity contribution in [1.82, 2.24) is 33.9 Å². The van der Waals surface area contributed by atoms with Crippen LogP contribution in [0.3, 0.4) is 0 Å². The zero-order valence-electron chi connectivity index (χ0n) is 19.7. The molecule has 5 rings (SSSR count). The lowest BCUT2D eigenvalue weighted by Crippen LogP contribution is -2.19. The van der Waals surface area contributed by atoms with E-state index in [9.17, 15) is 8.42 Å². The molecule has 1 unspecified atom stereocenters. The number of hydrogen-bond donors (Lipinski definition) is 2. The van der Waals surface area contributed by atoms with E-state index in [-0.39, 0.29) is 17.8 Å². The quantitative estimate of drug-likeness (QED) is 0.373. The van der Waals surface area contributed by atoms with E-state index in [0.717, 1.165) is 33.8 Å². The third-order valence-electron chi connectivity index (χ3n) is 5.73. The van der Waals surface area contributed by atoms with Crippen molar-refractivity contribution in [2.24, 2.45) is 0 Å². The summed E-state index contributed by atoms with van der Waals surface area (Å²) in [6, 6.07) is 4.05. The standard InChI is InChI=1S/C22H27N9O3S/c1-4-35(32,33)30-12-15(10-25-30)21-23-7-5-19(28-21)27-20-9-18-17(11-24-20)22(29-31(18)14(2)3)26-16-6-8-34-13-16/h5,7,9-12,14,16H,4,6,8,13H2,1-3H3,(H,26,29)(H,23,24,27,28). The molecule has 1 aliphatic rings. The fraction of sp³-hybridized carbons (Fsp3) is 0.409. The second kappa shape index (κ2) is 9.23. The fourth-order valence-corrected chi connectivity index (χ4v) is 4.58. The first-order valence-corrected chi connectivity index (χ1v) is 13.1.